The van der Waals surface area contributed by atoms with Crippen molar-refractivity contribution in [3.63, 3.8) is 0 Å². The van der Waals surface area contributed by atoms with Gasteiger partial charge in [-0.25, -0.2) is 0 Å². The van der Waals surface area contributed by atoms with E-state index in [1.54, 1.807) is 12.8 Å². The van der Waals surface area contributed by atoms with Gasteiger partial charge in [0.25, 0.3) is 0 Å². The third-order valence-corrected chi connectivity index (χ3v) is 7.02. The van der Waals surface area contributed by atoms with Gasteiger partial charge in [0.15, 0.2) is 0 Å². The Morgan fingerprint density at radius 3 is 1.78 bits per heavy atom. The van der Waals surface area contributed by atoms with Crippen LogP contribution in [0.5, 0.6) is 0 Å². The first-order valence-electron chi connectivity index (χ1n) is 6.64. The summed E-state index contributed by atoms with van der Waals surface area (Å²) in [6, 6.07) is 0. The third-order valence-electron chi connectivity index (χ3n) is 2.93. The van der Waals surface area contributed by atoms with Crippen LogP contribution in [0.4, 0.5) is 0 Å². The molecule has 0 aromatic carbocycles. The molecule has 0 aromatic heterocycles. The Kier molecular flexibility index (Phi) is 9.26. The van der Waals surface area contributed by atoms with Gasteiger partial charge in [0.1, 0.15) is 6.42 Å². The summed E-state index contributed by atoms with van der Waals surface area (Å²) in [4.78, 5) is 18.9. The Labute approximate surface area is 127 Å². The maximum absolute atomic E-state index is 9.43. The van der Waals surface area contributed by atoms with Crippen molar-refractivity contribution in [2.45, 2.75) is 62.8 Å². The smallest absolute Gasteiger partial charge is 0.314 e. The first-order valence-corrected chi connectivity index (χ1v) is 9.02. The van der Waals surface area contributed by atoms with Crippen LogP contribution < -0.4 is 0 Å². The number of carbonyl (C=O) groups is 2. The van der Waals surface area contributed by atoms with E-state index in [1.165, 1.54) is 21.3 Å². The Balaban J connectivity index is 0.000000360. The summed E-state index contributed by atoms with van der Waals surface area (Å²) < 4.78 is 1.98. The van der Waals surface area contributed by atoms with Crippen LogP contribution in [0, 0.1) is 0 Å². The van der Waals surface area contributed by atoms with Gasteiger partial charge in [-0.2, -0.15) is 0 Å². The zero-order valence-corrected chi connectivity index (χ0v) is 13.9. The van der Waals surface area contributed by atoms with Crippen LogP contribution in [0.3, 0.4) is 0 Å². The van der Waals surface area contributed by atoms with E-state index in [4.69, 9.17) is 10.2 Å². The quantitative estimate of drug-likeness (QED) is 0.616. The minimum atomic E-state index is -1.31. The minimum Gasteiger partial charge on any atom is -0.481 e. The van der Waals surface area contributed by atoms with E-state index in [0.717, 1.165) is 1.51 Å². The number of hydrogen-bond donors (Lipinski definition) is 2. The molecule has 18 heavy (non-hydrogen) atoms. The summed E-state index contributed by atoms with van der Waals surface area (Å²) in [5.74, 6) is -2.62. The third kappa shape index (κ3) is 12.7. The molecule has 0 amide bonds. The Morgan fingerprint density at radius 2 is 1.50 bits per heavy atom. The van der Waals surface area contributed by atoms with Crippen LogP contribution in [0.1, 0.15) is 59.3 Å². The second kappa shape index (κ2) is 9.16. The Bertz CT molecular complexity index is 253. The SMILES string of the molecule is C[C](C)(C)[Ca][CH]1CCCCC1.O=C(O)CC(=O)O. The summed E-state index contributed by atoms with van der Waals surface area (Å²) in [6.07, 6.45) is 6.94. The number of aliphatic carboxylic acids is 2. The monoisotopic (exact) mass is 284 g/mol. The molecule has 0 bridgehead atoms. The maximum atomic E-state index is 9.43. The summed E-state index contributed by atoms with van der Waals surface area (Å²) in [6.45, 7) is 7.34. The molecule has 2 N–H and O–H groups in total. The first kappa shape index (κ1) is 18.2. The molecule has 0 aromatic rings. The first-order chi connectivity index (χ1) is 8.20. The molecule has 1 fully saturated rings. The van der Waals surface area contributed by atoms with Crippen molar-refractivity contribution >= 4 is 45.8 Å². The van der Waals surface area contributed by atoms with Crippen molar-refractivity contribution in [2.24, 2.45) is 0 Å². The fourth-order valence-electron chi connectivity index (χ4n) is 2.39. The average molecular weight is 284 g/mol. The largest absolute Gasteiger partial charge is 0.481 e. The van der Waals surface area contributed by atoms with Crippen molar-refractivity contribution in [3.05, 3.63) is 0 Å². The van der Waals surface area contributed by atoms with Crippen molar-refractivity contribution in [1.29, 1.82) is 0 Å². The van der Waals surface area contributed by atoms with Crippen LogP contribution in [-0.4, -0.2) is 56.0 Å². The van der Waals surface area contributed by atoms with E-state index in [2.05, 4.69) is 20.8 Å². The molecule has 0 aliphatic heterocycles. The molecule has 0 saturated heterocycles. The predicted molar refractivity (Wildman–Crippen MR) is 72.2 cm³/mol. The van der Waals surface area contributed by atoms with E-state index in [0.29, 0.717) is 0 Å². The second-order valence-corrected chi connectivity index (χ2v) is 12.0. The summed E-state index contributed by atoms with van der Waals surface area (Å²) >= 11 is -0.228. The van der Waals surface area contributed by atoms with Gasteiger partial charge in [-0.15, -0.1) is 0 Å². The Morgan fingerprint density at radius 1 is 1.06 bits per heavy atom. The van der Waals surface area contributed by atoms with Crippen LogP contribution in [0.2, 0.25) is 3.53 Å². The van der Waals surface area contributed by atoms with Gasteiger partial charge in [-0.05, 0) is 0 Å². The molecule has 1 aliphatic carbocycles. The van der Waals surface area contributed by atoms with E-state index in [-0.39, 0.29) is 33.8 Å². The predicted octanol–water partition coefficient (Wildman–Crippen LogP) is 3.21. The number of carboxylic acids is 2. The van der Waals surface area contributed by atoms with Crippen molar-refractivity contribution < 1.29 is 19.8 Å². The Hall–Kier alpha value is 0.200. The van der Waals surface area contributed by atoms with Crippen molar-refractivity contribution in [3.8, 4) is 0 Å². The van der Waals surface area contributed by atoms with Gasteiger partial charge >= 0.3 is 102 Å². The molecule has 4 nitrogen and oxygen atoms in total. The molecule has 0 spiro atoms. The molecule has 1 aliphatic rings. The van der Waals surface area contributed by atoms with E-state index in [1.807, 2.05) is 0 Å². The fourth-order valence-corrected chi connectivity index (χ4v) is 6.63. The zero-order chi connectivity index (χ0) is 14.2. The van der Waals surface area contributed by atoms with Crippen molar-refractivity contribution in [1.82, 2.24) is 0 Å². The van der Waals surface area contributed by atoms with E-state index < -0.39 is 18.4 Å². The average Bonchev–Trinajstić information content (AvgIpc) is 2.14. The van der Waals surface area contributed by atoms with Crippen LogP contribution >= 0.6 is 0 Å². The number of carboxylic acid groups (broad SMARTS) is 2. The number of rotatable bonds is 3. The fraction of sp³-hybridized carbons (Fsp3) is 0.846. The van der Waals surface area contributed by atoms with Crippen molar-refractivity contribution in [2.75, 3.05) is 0 Å². The summed E-state index contributed by atoms with van der Waals surface area (Å²) in [7, 11) is 0. The van der Waals surface area contributed by atoms with Crippen LogP contribution in [0.25, 0.3) is 0 Å². The molecular weight excluding hydrogens is 260 g/mol. The second-order valence-electron chi connectivity index (χ2n) is 6.23. The van der Waals surface area contributed by atoms with E-state index in [9.17, 15) is 9.59 Å². The molecule has 0 atom stereocenters. The van der Waals surface area contributed by atoms with Gasteiger partial charge in [0.2, 0.25) is 0 Å². The molecule has 0 radical (unpaired) electrons. The maximum Gasteiger partial charge on any atom is 0.314 e. The zero-order valence-electron chi connectivity index (χ0n) is 11.7. The molecule has 5 heteroatoms. The van der Waals surface area contributed by atoms with Gasteiger partial charge in [-0.3, -0.25) is 9.59 Å². The summed E-state index contributed by atoms with van der Waals surface area (Å²) in [5, 5.41) is 15.4. The molecule has 1 saturated carbocycles. The van der Waals surface area contributed by atoms with Gasteiger partial charge in [0, 0.05) is 0 Å². The molecule has 0 unspecified atom stereocenters. The molecular formula is C13H24CaO4. The van der Waals surface area contributed by atoms with Gasteiger partial charge < -0.3 is 10.2 Å². The van der Waals surface area contributed by atoms with E-state index >= 15 is 0 Å². The van der Waals surface area contributed by atoms with Crippen LogP contribution in [-0.2, 0) is 9.59 Å². The normalized spacial score (nSPS) is 16.2. The summed E-state index contributed by atoms with van der Waals surface area (Å²) in [5.41, 5.74) is 0. The molecule has 0 heterocycles. The molecule has 102 valence electrons. The molecule has 1 rings (SSSR count). The van der Waals surface area contributed by atoms with Gasteiger partial charge in [-0.1, -0.05) is 0 Å². The minimum absolute atomic E-state index is 0.228. The van der Waals surface area contributed by atoms with Gasteiger partial charge in [0.05, 0.1) is 0 Å². The standard InChI is InChI=1S/C6H11.C4H9.C3H4O4.Ca/c1-2-4-6-5-3-1;1-4(2)3;4-2(5)1-3(6)7;/h1H,2-6H2;1-3H3;1H2,(H,4,5)(H,6,7);. The number of hydrogen-bond acceptors (Lipinski definition) is 2. The van der Waals surface area contributed by atoms with Crippen LogP contribution in [0.15, 0.2) is 0 Å². The topological polar surface area (TPSA) is 74.6 Å².